The number of fused-ring (bicyclic) bond motifs is 1. The summed E-state index contributed by atoms with van der Waals surface area (Å²) in [5, 5.41) is 6.78. The number of ether oxygens (including phenoxy) is 1. The molecule has 3 aliphatic rings. The van der Waals surface area contributed by atoms with Gasteiger partial charge in [0.05, 0.1) is 6.42 Å². The molecule has 2 N–H and O–H groups in total. The van der Waals surface area contributed by atoms with E-state index >= 15 is 0 Å². The highest BCUT2D eigenvalue weighted by atomic mass is 16.6. The Hall–Kier alpha value is -3.91. The highest BCUT2D eigenvalue weighted by molar-refractivity contribution is 5.79. The third kappa shape index (κ3) is 5.91. The number of benzene rings is 2. The molecule has 1 atom stereocenters. The summed E-state index contributed by atoms with van der Waals surface area (Å²) in [6.45, 7) is 4.93. The SMILES string of the molecule is O=C(Cc1ccc(Nc2cc3c(cn2)CCNC3)cc1)N1CCC2(CCN(C(=O)OCc3ccccc3)C2)C1. The number of anilines is 2. The zero-order valence-electron chi connectivity index (χ0n) is 22.2. The zero-order chi connectivity index (χ0) is 26.7. The predicted molar refractivity (Wildman–Crippen MR) is 150 cm³/mol. The maximum atomic E-state index is 13.1. The maximum absolute atomic E-state index is 13.1. The Labute approximate surface area is 229 Å². The number of nitrogens with zero attached hydrogens (tertiary/aromatic N) is 3. The van der Waals surface area contributed by atoms with Crippen molar-refractivity contribution in [3.63, 3.8) is 0 Å². The van der Waals surface area contributed by atoms with Gasteiger partial charge in [-0.1, -0.05) is 42.5 Å². The summed E-state index contributed by atoms with van der Waals surface area (Å²) >= 11 is 0. The zero-order valence-corrected chi connectivity index (χ0v) is 22.2. The number of amides is 2. The smallest absolute Gasteiger partial charge is 0.410 e. The van der Waals surface area contributed by atoms with Crippen LogP contribution < -0.4 is 10.6 Å². The van der Waals surface area contributed by atoms with E-state index in [0.717, 1.165) is 61.5 Å². The molecule has 1 aromatic heterocycles. The Balaban J connectivity index is 0.986. The number of pyridine rings is 1. The number of hydrogen-bond donors (Lipinski definition) is 2. The van der Waals surface area contributed by atoms with Gasteiger partial charge in [0, 0.05) is 50.0 Å². The third-order valence-corrected chi connectivity index (χ3v) is 8.24. The number of hydrogen-bond acceptors (Lipinski definition) is 6. The molecule has 0 saturated carbocycles. The van der Waals surface area contributed by atoms with Crippen molar-refractivity contribution in [1.29, 1.82) is 0 Å². The molecule has 0 radical (unpaired) electrons. The van der Waals surface area contributed by atoms with Crippen LogP contribution in [-0.2, 0) is 35.5 Å². The Morgan fingerprint density at radius 3 is 2.54 bits per heavy atom. The highest BCUT2D eigenvalue weighted by Gasteiger charge is 2.46. The molecular formula is C31H35N5O3. The minimum atomic E-state index is -0.267. The van der Waals surface area contributed by atoms with Gasteiger partial charge in [0.25, 0.3) is 0 Å². The molecule has 8 heteroatoms. The molecule has 6 rings (SSSR count). The van der Waals surface area contributed by atoms with Gasteiger partial charge in [-0.2, -0.15) is 0 Å². The predicted octanol–water partition coefficient (Wildman–Crippen LogP) is 4.27. The molecule has 3 aliphatic heterocycles. The average Bonchev–Trinajstić information content (AvgIpc) is 3.60. The molecule has 2 fully saturated rings. The van der Waals surface area contributed by atoms with E-state index in [1.165, 1.54) is 11.1 Å². The van der Waals surface area contributed by atoms with E-state index in [1.54, 1.807) is 4.90 Å². The summed E-state index contributed by atoms with van der Waals surface area (Å²) in [5.41, 5.74) is 5.50. The molecule has 0 aliphatic carbocycles. The molecule has 1 unspecified atom stereocenters. The average molecular weight is 526 g/mol. The van der Waals surface area contributed by atoms with Gasteiger partial charge < -0.3 is 25.2 Å². The van der Waals surface area contributed by atoms with Crippen LogP contribution in [0.2, 0.25) is 0 Å². The second kappa shape index (κ2) is 11.1. The largest absolute Gasteiger partial charge is 0.445 e. The van der Waals surface area contributed by atoms with Crippen molar-refractivity contribution in [3.8, 4) is 0 Å². The monoisotopic (exact) mass is 525 g/mol. The first-order valence-corrected chi connectivity index (χ1v) is 13.8. The molecule has 3 aromatic rings. The number of carbonyl (C=O) groups excluding carboxylic acids is 2. The number of rotatable bonds is 6. The van der Waals surface area contributed by atoms with Gasteiger partial charge in [-0.15, -0.1) is 0 Å². The van der Waals surface area contributed by atoms with E-state index in [2.05, 4.69) is 21.7 Å². The standard InChI is InChI=1S/C31H35N5O3/c37-29(16-23-6-8-27(9-7-23)34-28-17-26-18-32-13-10-25(26)19-33-28)35-14-11-31(21-35)12-15-36(22-31)30(38)39-20-24-4-2-1-3-5-24/h1-9,17,19,32H,10-16,18,20-22H2,(H,33,34). The van der Waals surface area contributed by atoms with Gasteiger partial charge in [0.15, 0.2) is 0 Å². The Bertz CT molecular complexity index is 1330. The quantitative estimate of drug-likeness (QED) is 0.500. The Morgan fingerprint density at radius 1 is 0.949 bits per heavy atom. The number of carbonyl (C=O) groups is 2. The summed E-state index contributed by atoms with van der Waals surface area (Å²) in [7, 11) is 0. The van der Waals surface area contributed by atoms with Crippen LogP contribution in [0.4, 0.5) is 16.3 Å². The van der Waals surface area contributed by atoms with Gasteiger partial charge in [-0.25, -0.2) is 9.78 Å². The van der Waals surface area contributed by atoms with E-state index in [1.807, 2.05) is 65.7 Å². The van der Waals surface area contributed by atoms with Crippen LogP contribution in [-0.4, -0.2) is 59.5 Å². The first-order chi connectivity index (χ1) is 19.1. The van der Waals surface area contributed by atoms with Gasteiger partial charge >= 0.3 is 6.09 Å². The molecule has 202 valence electrons. The third-order valence-electron chi connectivity index (χ3n) is 8.24. The van der Waals surface area contributed by atoms with Gasteiger partial charge in [-0.05, 0) is 66.3 Å². The molecule has 1 spiro atoms. The Morgan fingerprint density at radius 2 is 1.72 bits per heavy atom. The number of nitrogens with one attached hydrogen (secondary N) is 2. The molecule has 8 nitrogen and oxygen atoms in total. The fourth-order valence-corrected chi connectivity index (χ4v) is 5.95. The van der Waals surface area contributed by atoms with Gasteiger partial charge in [-0.3, -0.25) is 4.79 Å². The van der Waals surface area contributed by atoms with Crippen LogP contribution in [0.5, 0.6) is 0 Å². The lowest BCUT2D eigenvalue weighted by atomic mass is 9.86. The topological polar surface area (TPSA) is 86.8 Å². The number of aromatic nitrogens is 1. The van der Waals surface area contributed by atoms with E-state index in [0.29, 0.717) is 26.1 Å². The summed E-state index contributed by atoms with van der Waals surface area (Å²) in [4.78, 5) is 34.1. The molecular weight excluding hydrogens is 490 g/mol. The van der Waals surface area contributed by atoms with Crippen molar-refractivity contribution in [2.75, 3.05) is 38.0 Å². The lowest BCUT2D eigenvalue weighted by molar-refractivity contribution is -0.129. The lowest BCUT2D eigenvalue weighted by Crippen LogP contribution is -2.36. The fraction of sp³-hybridized carbons (Fsp3) is 0.387. The number of likely N-dealkylation sites (tertiary alicyclic amines) is 2. The van der Waals surface area contributed by atoms with Crippen LogP contribution in [0.1, 0.15) is 35.1 Å². The van der Waals surface area contributed by atoms with Crippen molar-refractivity contribution in [2.24, 2.45) is 5.41 Å². The van der Waals surface area contributed by atoms with Crippen LogP contribution in [0, 0.1) is 5.41 Å². The van der Waals surface area contributed by atoms with Crippen molar-refractivity contribution >= 4 is 23.5 Å². The van der Waals surface area contributed by atoms with E-state index in [9.17, 15) is 9.59 Å². The minimum Gasteiger partial charge on any atom is -0.445 e. The molecule has 0 bridgehead atoms. The Kier molecular flexibility index (Phi) is 7.20. The lowest BCUT2D eigenvalue weighted by Gasteiger charge is -2.24. The normalized spacial score (nSPS) is 20.2. The summed E-state index contributed by atoms with van der Waals surface area (Å²) in [6.07, 6.45) is 4.92. The summed E-state index contributed by atoms with van der Waals surface area (Å²) < 4.78 is 5.53. The highest BCUT2D eigenvalue weighted by Crippen LogP contribution is 2.40. The summed E-state index contributed by atoms with van der Waals surface area (Å²) in [6, 6.07) is 19.9. The fourth-order valence-electron chi connectivity index (χ4n) is 5.95. The first kappa shape index (κ1) is 25.4. The second-order valence-corrected chi connectivity index (χ2v) is 11.0. The van der Waals surface area contributed by atoms with Crippen molar-refractivity contribution in [2.45, 2.75) is 38.8 Å². The minimum absolute atomic E-state index is 0.0212. The molecule has 2 aromatic carbocycles. The molecule has 39 heavy (non-hydrogen) atoms. The van der Waals surface area contributed by atoms with Gasteiger partial charge in [0.1, 0.15) is 12.4 Å². The van der Waals surface area contributed by atoms with E-state index in [-0.39, 0.29) is 24.0 Å². The van der Waals surface area contributed by atoms with Gasteiger partial charge in [0.2, 0.25) is 5.91 Å². The molecule has 4 heterocycles. The first-order valence-electron chi connectivity index (χ1n) is 13.8. The van der Waals surface area contributed by atoms with Crippen molar-refractivity contribution in [3.05, 3.63) is 89.1 Å². The van der Waals surface area contributed by atoms with Crippen LogP contribution in [0.3, 0.4) is 0 Å². The second-order valence-electron chi connectivity index (χ2n) is 11.0. The van der Waals surface area contributed by atoms with E-state index < -0.39 is 0 Å². The van der Waals surface area contributed by atoms with Crippen molar-refractivity contribution < 1.29 is 14.3 Å². The van der Waals surface area contributed by atoms with E-state index in [4.69, 9.17) is 4.74 Å². The maximum Gasteiger partial charge on any atom is 0.410 e. The van der Waals surface area contributed by atoms with Crippen molar-refractivity contribution in [1.82, 2.24) is 20.1 Å². The van der Waals surface area contributed by atoms with Crippen LogP contribution >= 0.6 is 0 Å². The molecule has 2 amide bonds. The molecule has 2 saturated heterocycles. The summed E-state index contributed by atoms with van der Waals surface area (Å²) in [5.74, 6) is 0.972. The van der Waals surface area contributed by atoms with Crippen LogP contribution in [0.25, 0.3) is 0 Å². The van der Waals surface area contributed by atoms with Crippen LogP contribution in [0.15, 0.2) is 66.9 Å².